The highest BCUT2D eigenvalue weighted by Gasteiger charge is 2.34. The fourth-order valence-electron chi connectivity index (χ4n) is 2.63. The minimum absolute atomic E-state index is 0.128. The maximum Gasteiger partial charge on any atom is 0.322 e. The van der Waals surface area contributed by atoms with Crippen LogP contribution in [0.4, 0.5) is 14.9 Å². The Labute approximate surface area is 136 Å². The molecule has 2 N–H and O–H groups in total. The molecule has 0 spiro atoms. The van der Waals surface area contributed by atoms with Crippen LogP contribution >= 0.6 is 0 Å². The van der Waals surface area contributed by atoms with Gasteiger partial charge in [0, 0.05) is 13.1 Å². The van der Waals surface area contributed by atoms with Crippen molar-refractivity contribution in [1.82, 2.24) is 10.2 Å². The Bertz CT molecular complexity index is 563. The van der Waals surface area contributed by atoms with Crippen LogP contribution in [-0.4, -0.2) is 36.0 Å². The van der Waals surface area contributed by atoms with E-state index in [-0.39, 0.29) is 11.6 Å². The van der Waals surface area contributed by atoms with E-state index in [1.54, 1.807) is 12.1 Å². The number of nitrogens with zero attached hydrogens (tertiary/aromatic N) is 1. The molecule has 3 amide bonds. The smallest absolute Gasteiger partial charge is 0.322 e. The van der Waals surface area contributed by atoms with Gasteiger partial charge < -0.3 is 15.5 Å². The van der Waals surface area contributed by atoms with E-state index in [0.29, 0.717) is 25.4 Å². The molecule has 1 fully saturated rings. The molecule has 126 valence electrons. The molecule has 1 saturated heterocycles. The number of carbonyl (C=O) groups excluding carboxylic acids is 2. The Kier molecular flexibility index (Phi) is 5.96. The first-order valence-corrected chi connectivity index (χ1v) is 8.09. The first-order valence-electron chi connectivity index (χ1n) is 8.09. The van der Waals surface area contributed by atoms with Gasteiger partial charge in [0.15, 0.2) is 0 Å². The quantitative estimate of drug-likeness (QED) is 0.876. The van der Waals surface area contributed by atoms with Crippen molar-refractivity contribution in [2.24, 2.45) is 5.92 Å². The molecule has 1 aliphatic heterocycles. The van der Waals surface area contributed by atoms with Gasteiger partial charge in [-0.05, 0) is 37.3 Å². The van der Waals surface area contributed by atoms with Gasteiger partial charge in [0.2, 0.25) is 5.91 Å². The highest BCUT2D eigenvalue weighted by atomic mass is 19.1. The maximum atomic E-state index is 13.6. The van der Waals surface area contributed by atoms with Gasteiger partial charge in [-0.1, -0.05) is 26.0 Å². The third kappa shape index (κ3) is 4.68. The minimum atomic E-state index is -0.488. The van der Waals surface area contributed by atoms with Crippen molar-refractivity contribution in [3.8, 4) is 0 Å². The van der Waals surface area contributed by atoms with E-state index in [9.17, 15) is 14.0 Å². The summed E-state index contributed by atoms with van der Waals surface area (Å²) < 4.78 is 13.6. The Morgan fingerprint density at radius 1 is 1.35 bits per heavy atom. The summed E-state index contributed by atoms with van der Waals surface area (Å²) in [6.07, 6.45) is 2.31. The van der Waals surface area contributed by atoms with E-state index in [1.165, 1.54) is 17.0 Å². The number of hydrogen-bond acceptors (Lipinski definition) is 2. The van der Waals surface area contributed by atoms with E-state index < -0.39 is 17.9 Å². The lowest BCUT2D eigenvalue weighted by molar-refractivity contribution is -0.124. The Morgan fingerprint density at radius 3 is 2.78 bits per heavy atom. The number of urea groups is 1. The molecule has 0 aliphatic carbocycles. The van der Waals surface area contributed by atoms with Crippen LogP contribution in [0.2, 0.25) is 0 Å². The number of benzene rings is 1. The first kappa shape index (κ1) is 17.2. The lowest BCUT2D eigenvalue weighted by atomic mass is 10.1. The fourth-order valence-corrected chi connectivity index (χ4v) is 2.63. The van der Waals surface area contributed by atoms with Gasteiger partial charge in [-0.15, -0.1) is 0 Å². The van der Waals surface area contributed by atoms with Gasteiger partial charge in [0.05, 0.1) is 5.69 Å². The Balaban J connectivity index is 1.94. The van der Waals surface area contributed by atoms with Gasteiger partial charge in [-0.2, -0.15) is 0 Å². The lowest BCUT2D eigenvalue weighted by Crippen LogP contribution is -2.47. The largest absolute Gasteiger partial charge is 0.354 e. The van der Waals surface area contributed by atoms with Crippen LogP contribution in [0.3, 0.4) is 0 Å². The molecule has 0 saturated carbocycles. The van der Waals surface area contributed by atoms with Crippen molar-refractivity contribution < 1.29 is 14.0 Å². The topological polar surface area (TPSA) is 61.4 Å². The summed E-state index contributed by atoms with van der Waals surface area (Å²) in [5.41, 5.74) is 0.128. The summed E-state index contributed by atoms with van der Waals surface area (Å²) >= 11 is 0. The van der Waals surface area contributed by atoms with Gasteiger partial charge in [0.25, 0.3) is 0 Å². The summed E-state index contributed by atoms with van der Waals surface area (Å²) in [6, 6.07) is 5.09. The van der Waals surface area contributed by atoms with E-state index >= 15 is 0 Å². The van der Waals surface area contributed by atoms with Crippen LogP contribution in [0.5, 0.6) is 0 Å². The number of rotatable bonds is 5. The second-order valence-electron chi connectivity index (χ2n) is 6.23. The number of para-hydroxylation sites is 1. The van der Waals surface area contributed by atoms with Crippen molar-refractivity contribution in [2.45, 2.75) is 39.2 Å². The summed E-state index contributed by atoms with van der Waals surface area (Å²) in [7, 11) is 0. The van der Waals surface area contributed by atoms with Crippen LogP contribution in [-0.2, 0) is 4.79 Å². The van der Waals surface area contributed by atoms with Gasteiger partial charge in [0.1, 0.15) is 11.9 Å². The molecule has 0 radical (unpaired) electrons. The normalized spacial score (nSPS) is 17.4. The average Bonchev–Trinajstić information content (AvgIpc) is 2.98. The van der Waals surface area contributed by atoms with Crippen LogP contribution in [0.15, 0.2) is 24.3 Å². The van der Waals surface area contributed by atoms with E-state index in [2.05, 4.69) is 24.5 Å². The van der Waals surface area contributed by atoms with Crippen molar-refractivity contribution >= 4 is 17.6 Å². The second-order valence-corrected chi connectivity index (χ2v) is 6.23. The van der Waals surface area contributed by atoms with Crippen molar-refractivity contribution in [1.29, 1.82) is 0 Å². The molecule has 1 aromatic carbocycles. The third-order valence-corrected chi connectivity index (χ3v) is 3.95. The van der Waals surface area contributed by atoms with Gasteiger partial charge in [-0.25, -0.2) is 9.18 Å². The van der Waals surface area contributed by atoms with Crippen LogP contribution in [0.1, 0.15) is 33.1 Å². The van der Waals surface area contributed by atoms with Crippen LogP contribution in [0, 0.1) is 11.7 Å². The molecule has 6 heteroatoms. The van der Waals surface area contributed by atoms with Crippen LogP contribution in [0.25, 0.3) is 0 Å². The molecule has 0 aromatic heterocycles. The third-order valence-electron chi connectivity index (χ3n) is 3.95. The molecule has 1 aliphatic rings. The molecular formula is C17H24FN3O2. The maximum absolute atomic E-state index is 13.6. The van der Waals surface area contributed by atoms with E-state index in [0.717, 1.165) is 12.8 Å². The highest BCUT2D eigenvalue weighted by molar-refractivity contribution is 5.94. The zero-order valence-electron chi connectivity index (χ0n) is 13.6. The number of carbonyl (C=O) groups is 2. The number of halogens is 1. The Morgan fingerprint density at radius 2 is 2.09 bits per heavy atom. The molecule has 1 aromatic rings. The molecule has 1 atom stereocenters. The summed E-state index contributed by atoms with van der Waals surface area (Å²) in [5, 5.41) is 5.42. The number of nitrogens with one attached hydrogen (secondary N) is 2. The van der Waals surface area contributed by atoms with E-state index in [4.69, 9.17) is 0 Å². The average molecular weight is 321 g/mol. The number of hydrogen-bond donors (Lipinski definition) is 2. The fraction of sp³-hybridized carbons (Fsp3) is 0.529. The van der Waals surface area contributed by atoms with Gasteiger partial charge >= 0.3 is 6.03 Å². The zero-order chi connectivity index (χ0) is 16.8. The molecule has 5 nitrogen and oxygen atoms in total. The first-order chi connectivity index (χ1) is 11.0. The predicted octanol–water partition coefficient (Wildman–Crippen LogP) is 2.98. The van der Waals surface area contributed by atoms with Crippen molar-refractivity contribution in [3.05, 3.63) is 30.1 Å². The summed E-state index contributed by atoms with van der Waals surface area (Å²) in [4.78, 5) is 26.1. The lowest BCUT2D eigenvalue weighted by Gasteiger charge is -2.24. The van der Waals surface area contributed by atoms with E-state index in [1.807, 2.05) is 0 Å². The number of likely N-dealkylation sites (tertiary alicyclic amines) is 1. The number of anilines is 1. The Hall–Kier alpha value is -2.11. The zero-order valence-corrected chi connectivity index (χ0v) is 13.6. The molecule has 0 bridgehead atoms. The minimum Gasteiger partial charge on any atom is -0.354 e. The van der Waals surface area contributed by atoms with Crippen molar-refractivity contribution in [3.63, 3.8) is 0 Å². The monoisotopic (exact) mass is 321 g/mol. The SMILES string of the molecule is CC(C)CCNC(=O)[C@H]1CCCN1C(=O)Nc1ccccc1F. The van der Waals surface area contributed by atoms with Gasteiger partial charge in [-0.3, -0.25) is 4.79 Å². The second kappa shape index (κ2) is 7.94. The standard InChI is InChI=1S/C17H24FN3O2/c1-12(2)9-10-19-16(22)15-8-5-11-21(15)17(23)20-14-7-4-3-6-13(14)18/h3-4,6-7,12,15H,5,8-11H2,1-2H3,(H,19,22)(H,20,23)/t15-/m1/s1. The molecule has 1 heterocycles. The molecular weight excluding hydrogens is 297 g/mol. The molecule has 0 unspecified atom stereocenters. The van der Waals surface area contributed by atoms with Crippen LogP contribution < -0.4 is 10.6 Å². The summed E-state index contributed by atoms with van der Waals surface area (Å²) in [5.74, 6) is -0.107. The molecule has 23 heavy (non-hydrogen) atoms. The molecule has 2 rings (SSSR count). The number of amides is 3. The summed E-state index contributed by atoms with van der Waals surface area (Å²) in [6.45, 7) is 5.30. The predicted molar refractivity (Wildman–Crippen MR) is 87.6 cm³/mol. The van der Waals surface area contributed by atoms with Crippen molar-refractivity contribution in [2.75, 3.05) is 18.4 Å². The highest BCUT2D eigenvalue weighted by Crippen LogP contribution is 2.20.